The predicted molar refractivity (Wildman–Crippen MR) is 51.3 cm³/mol. The third-order valence-electron chi connectivity index (χ3n) is 3.98. The number of aliphatic hydroxyl groups is 2. The highest BCUT2D eigenvalue weighted by molar-refractivity contribution is 4.91. The Labute approximate surface area is 80.0 Å². The Bertz CT molecular complexity index is 181. The van der Waals surface area contributed by atoms with E-state index in [1.807, 2.05) is 0 Å². The molecule has 76 valence electrons. The van der Waals surface area contributed by atoms with E-state index in [-0.39, 0.29) is 6.61 Å². The fraction of sp³-hybridized carbons (Fsp3) is 1.00. The van der Waals surface area contributed by atoms with Crippen molar-refractivity contribution in [2.45, 2.75) is 50.5 Å². The molecule has 2 aliphatic rings. The lowest BCUT2D eigenvalue weighted by Gasteiger charge is -2.43. The Morgan fingerprint density at radius 1 is 1.08 bits per heavy atom. The minimum atomic E-state index is -0.738. The number of hydrogen-bond donors (Lipinski definition) is 2. The van der Waals surface area contributed by atoms with Crippen molar-refractivity contribution in [3.8, 4) is 0 Å². The summed E-state index contributed by atoms with van der Waals surface area (Å²) in [6, 6.07) is 0. The quantitative estimate of drug-likeness (QED) is 0.651. The Morgan fingerprint density at radius 3 is 2.46 bits per heavy atom. The lowest BCUT2D eigenvalue weighted by Crippen LogP contribution is -2.43. The Balaban J connectivity index is 1.98. The maximum absolute atomic E-state index is 9.97. The van der Waals surface area contributed by atoms with Gasteiger partial charge in [-0.1, -0.05) is 25.7 Å². The first-order valence-corrected chi connectivity index (χ1v) is 5.57. The van der Waals surface area contributed by atoms with Crippen LogP contribution in [0.1, 0.15) is 44.9 Å². The summed E-state index contributed by atoms with van der Waals surface area (Å²) >= 11 is 0. The van der Waals surface area contributed by atoms with Gasteiger partial charge in [-0.15, -0.1) is 0 Å². The second kappa shape index (κ2) is 3.58. The van der Waals surface area contributed by atoms with Crippen molar-refractivity contribution in [3.05, 3.63) is 0 Å². The molecule has 2 saturated carbocycles. The van der Waals surface area contributed by atoms with Gasteiger partial charge in [-0.05, 0) is 31.1 Å². The number of aliphatic hydroxyl groups excluding tert-OH is 1. The van der Waals surface area contributed by atoms with Crippen molar-refractivity contribution in [1.82, 2.24) is 0 Å². The topological polar surface area (TPSA) is 40.5 Å². The van der Waals surface area contributed by atoms with Gasteiger partial charge in [-0.2, -0.15) is 0 Å². The van der Waals surface area contributed by atoms with Crippen molar-refractivity contribution >= 4 is 0 Å². The molecule has 2 N–H and O–H groups in total. The van der Waals surface area contributed by atoms with E-state index < -0.39 is 5.60 Å². The number of hydrogen-bond acceptors (Lipinski definition) is 2. The zero-order valence-electron chi connectivity index (χ0n) is 8.21. The van der Waals surface area contributed by atoms with Crippen LogP contribution in [-0.4, -0.2) is 22.4 Å². The van der Waals surface area contributed by atoms with Gasteiger partial charge in [0.15, 0.2) is 0 Å². The van der Waals surface area contributed by atoms with Gasteiger partial charge in [0.05, 0.1) is 12.2 Å². The van der Waals surface area contributed by atoms with E-state index in [2.05, 4.69) is 0 Å². The fourth-order valence-electron chi connectivity index (χ4n) is 3.12. The van der Waals surface area contributed by atoms with E-state index >= 15 is 0 Å². The maximum atomic E-state index is 9.97. The highest BCUT2D eigenvalue weighted by atomic mass is 16.3. The molecule has 2 rings (SSSR count). The average Bonchev–Trinajstić information content (AvgIpc) is 2.18. The molecular formula is C11H20O2. The summed E-state index contributed by atoms with van der Waals surface area (Å²) in [5.74, 6) is 1.54. The molecule has 0 heterocycles. The van der Waals surface area contributed by atoms with Crippen LogP contribution in [0.3, 0.4) is 0 Å². The summed E-state index contributed by atoms with van der Waals surface area (Å²) < 4.78 is 0. The second-order valence-corrected chi connectivity index (χ2v) is 4.93. The van der Waals surface area contributed by atoms with Crippen LogP contribution in [0.25, 0.3) is 0 Å². The first-order valence-electron chi connectivity index (χ1n) is 5.57. The van der Waals surface area contributed by atoms with Crippen molar-refractivity contribution in [2.75, 3.05) is 6.61 Å². The molecule has 3 atom stereocenters. The van der Waals surface area contributed by atoms with Gasteiger partial charge in [-0.25, -0.2) is 0 Å². The summed E-state index contributed by atoms with van der Waals surface area (Å²) in [5, 5.41) is 19.1. The average molecular weight is 184 g/mol. The van der Waals surface area contributed by atoms with Gasteiger partial charge in [-0.3, -0.25) is 0 Å². The fourth-order valence-corrected chi connectivity index (χ4v) is 3.12. The van der Waals surface area contributed by atoms with E-state index in [0.717, 1.165) is 25.2 Å². The van der Waals surface area contributed by atoms with E-state index in [0.29, 0.717) is 5.92 Å². The summed E-state index contributed by atoms with van der Waals surface area (Å²) in [4.78, 5) is 0. The van der Waals surface area contributed by atoms with Gasteiger partial charge < -0.3 is 10.2 Å². The number of fused-ring (bicyclic) bond motifs is 1. The molecule has 3 unspecified atom stereocenters. The normalized spacial score (nSPS) is 45.7. The summed E-state index contributed by atoms with van der Waals surface area (Å²) in [5.41, 5.74) is -0.738. The molecule has 2 fully saturated rings. The number of rotatable bonds is 1. The zero-order chi connectivity index (χ0) is 9.31. The van der Waals surface area contributed by atoms with Crippen LogP contribution in [0.15, 0.2) is 0 Å². The first-order chi connectivity index (χ1) is 6.23. The van der Waals surface area contributed by atoms with Crippen LogP contribution in [0.5, 0.6) is 0 Å². The summed E-state index contributed by atoms with van der Waals surface area (Å²) in [7, 11) is 0. The Hall–Kier alpha value is -0.0800. The second-order valence-electron chi connectivity index (χ2n) is 4.93. The molecule has 0 saturated heterocycles. The molecule has 0 aromatic heterocycles. The lowest BCUT2D eigenvalue weighted by atomic mass is 9.66. The van der Waals surface area contributed by atoms with E-state index in [9.17, 15) is 5.11 Å². The first kappa shape index (κ1) is 9.47. The SMILES string of the molecule is OCC1(O)CCC2CCCCC2C1. The Kier molecular flexibility index (Phi) is 2.61. The molecule has 0 aromatic carbocycles. The Morgan fingerprint density at radius 2 is 1.77 bits per heavy atom. The summed E-state index contributed by atoms with van der Waals surface area (Å²) in [6.07, 6.45) is 8.10. The van der Waals surface area contributed by atoms with E-state index in [1.165, 1.54) is 25.7 Å². The van der Waals surface area contributed by atoms with Crippen LogP contribution >= 0.6 is 0 Å². The monoisotopic (exact) mass is 184 g/mol. The van der Waals surface area contributed by atoms with E-state index in [4.69, 9.17) is 5.11 Å². The van der Waals surface area contributed by atoms with Gasteiger partial charge in [0.2, 0.25) is 0 Å². The minimum Gasteiger partial charge on any atom is -0.393 e. The highest BCUT2D eigenvalue weighted by Crippen LogP contribution is 2.43. The molecule has 0 amide bonds. The molecule has 2 heteroatoms. The van der Waals surface area contributed by atoms with Gasteiger partial charge in [0.1, 0.15) is 0 Å². The predicted octanol–water partition coefficient (Wildman–Crippen LogP) is 1.70. The third-order valence-corrected chi connectivity index (χ3v) is 3.98. The van der Waals surface area contributed by atoms with Crippen LogP contribution in [0.2, 0.25) is 0 Å². The van der Waals surface area contributed by atoms with Crippen LogP contribution in [0.4, 0.5) is 0 Å². The summed E-state index contributed by atoms with van der Waals surface area (Å²) in [6.45, 7) is -0.0454. The molecule has 13 heavy (non-hydrogen) atoms. The minimum absolute atomic E-state index is 0.0454. The molecule has 0 aromatic rings. The standard InChI is InChI=1S/C11H20O2/c12-8-11(13)6-5-9-3-1-2-4-10(9)7-11/h9-10,12-13H,1-8H2. The molecule has 2 nitrogen and oxygen atoms in total. The van der Waals surface area contributed by atoms with Gasteiger partial charge in [0, 0.05) is 0 Å². The largest absolute Gasteiger partial charge is 0.393 e. The molecule has 0 radical (unpaired) electrons. The molecule has 0 aliphatic heterocycles. The smallest absolute Gasteiger partial charge is 0.0880 e. The molecule has 0 bridgehead atoms. The maximum Gasteiger partial charge on any atom is 0.0880 e. The zero-order valence-corrected chi connectivity index (χ0v) is 8.21. The van der Waals surface area contributed by atoms with Crippen molar-refractivity contribution in [3.63, 3.8) is 0 Å². The third kappa shape index (κ3) is 1.89. The van der Waals surface area contributed by atoms with Crippen molar-refractivity contribution in [1.29, 1.82) is 0 Å². The van der Waals surface area contributed by atoms with Crippen LogP contribution < -0.4 is 0 Å². The highest BCUT2D eigenvalue weighted by Gasteiger charge is 2.39. The van der Waals surface area contributed by atoms with Crippen molar-refractivity contribution < 1.29 is 10.2 Å². The van der Waals surface area contributed by atoms with Gasteiger partial charge in [0.25, 0.3) is 0 Å². The van der Waals surface area contributed by atoms with Crippen LogP contribution in [-0.2, 0) is 0 Å². The molecule has 2 aliphatic carbocycles. The van der Waals surface area contributed by atoms with Crippen molar-refractivity contribution in [2.24, 2.45) is 11.8 Å². The van der Waals surface area contributed by atoms with E-state index in [1.54, 1.807) is 0 Å². The van der Waals surface area contributed by atoms with Crippen LogP contribution in [0, 0.1) is 11.8 Å². The van der Waals surface area contributed by atoms with Gasteiger partial charge >= 0.3 is 0 Å². The lowest BCUT2D eigenvalue weighted by molar-refractivity contribution is -0.0782. The molecular weight excluding hydrogens is 164 g/mol. The molecule has 0 spiro atoms.